The Balaban J connectivity index is -0.000000120. The van der Waals surface area contributed by atoms with E-state index in [0.717, 1.165) is 0 Å². The minimum absolute atomic E-state index is 0. The van der Waals surface area contributed by atoms with Crippen molar-refractivity contribution in [3.8, 4) is 0 Å². The molecule has 0 atom stereocenters. The topological polar surface area (TPSA) is 31.5 Å². The van der Waals surface area contributed by atoms with Gasteiger partial charge in [0.2, 0.25) is 0 Å². The summed E-state index contributed by atoms with van der Waals surface area (Å²) in [4.78, 5) is 0. The van der Waals surface area contributed by atoms with E-state index < -0.39 is 0 Å². The van der Waals surface area contributed by atoms with E-state index in [4.69, 9.17) is 0 Å². The Kier molecular flexibility index (Phi) is 23.3. The summed E-state index contributed by atoms with van der Waals surface area (Å²) in [5, 5.41) is 0. The second kappa shape index (κ2) is 12.4. The molecule has 0 heterocycles. The van der Waals surface area contributed by atoms with Gasteiger partial charge in [0.15, 0.2) is 0 Å². The summed E-state index contributed by atoms with van der Waals surface area (Å²) < 4.78 is 0. The van der Waals surface area contributed by atoms with Crippen LogP contribution in [0, 0.1) is 12.1 Å². The summed E-state index contributed by atoms with van der Waals surface area (Å²) in [7, 11) is 0. The van der Waals surface area contributed by atoms with Gasteiger partial charge >= 0.3 is 58.2 Å². The predicted molar refractivity (Wildman–Crippen MR) is 27.7 cm³/mol. The Morgan fingerprint density at radius 1 is 0.778 bits per heavy atom. The summed E-state index contributed by atoms with van der Waals surface area (Å²) in [6.45, 7) is 0. The molecule has 0 spiro atoms. The molecule has 0 saturated heterocycles. The molecule has 1 nitrogen and oxygen atoms in total. The molecule has 0 aromatic heterocycles. The largest absolute Gasteiger partial charge is 1.00 e. The fourth-order valence-electron chi connectivity index (χ4n) is 0.304. The average Bonchev–Trinajstić information content (AvgIpc) is 1.72. The number of rotatable bonds is 0. The van der Waals surface area contributed by atoms with Crippen LogP contribution in [0.4, 0.5) is 0 Å². The summed E-state index contributed by atoms with van der Waals surface area (Å²) >= 11 is 0. The van der Waals surface area contributed by atoms with Crippen molar-refractivity contribution >= 4 is 0 Å². The summed E-state index contributed by atoms with van der Waals surface area (Å²) in [6, 6.07) is 13.0. The minimum Gasteiger partial charge on any atom is -0.412 e. The fourth-order valence-corrected chi connectivity index (χ4v) is 0.304. The normalized spacial score (nSPS) is 5.33. The van der Waals surface area contributed by atoms with Crippen molar-refractivity contribution in [3.05, 3.63) is 36.4 Å². The van der Waals surface area contributed by atoms with Crippen LogP contribution in [0.15, 0.2) is 24.3 Å². The minimum atomic E-state index is 0. The van der Waals surface area contributed by atoms with Gasteiger partial charge in [0.05, 0.1) is 0 Å². The first-order chi connectivity index (χ1) is 3.00. The van der Waals surface area contributed by atoms with Gasteiger partial charge in [-0.3, -0.25) is 24.3 Å². The van der Waals surface area contributed by atoms with Gasteiger partial charge in [-0.05, 0) is 0 Å². The molecule has 3 heteroatoms. The molecule has 1 rings (SSSR count). The molecule has 44 valence electrons. The molecule has 0 aliphatic rings. The van der Waals surface area contributed by atoms with E-state index in [2.05, 4.69) is 12.1 Å². The maximum absolute atomic E-state index is 2.86. The molecule has 0 radical (unpaired) electrons. The first-order valence-corrected chi connectivity index (χ1v) is 1.82. The van der Waals surface area contributed by atoms with Crippen LogP contribution in [-0.2, 0) is 21.1 Å². The average molecular weight is 363 g/mol. The molecule has 0 amide bonds. The summed E-state index contributed by atoms with van der Waals surface area (Å²) in [5.41, 5.74) is 0. The number of benzene rings is 1. The molecular formula is C6H6ORbW-. The zero-order valence-corrected chi connectivity index (χ0v) is 13.1. The molecule has 0 saturated carbocycles. The van der Waals surface area contributed by atoms with Crippen molar-refractivity contribution in [2.24, 2.45) is 0 Å². The molecular weight excluding hydrogens is 357 g/mol. The second-order valence-corrected chi connectivity index (χ2v) is 1.00. The van der Waals surface area contributed by atoms with Crippen LogP contribution in [0.5, 0.6) is 0 Å². The van der Waals surface area contributed by atoms with Crippen LogP contribution in [0.3, 0.4) is 0 Å². The summed E-state index contributed by atoms with van der Waals surface area (Å²) in [6.07, 6.45) is 0. The molecule has 0 bridgehead atoms. The molecule has 0 unspecified atom stereocenters. The first kappa shape index (κ1) is 17.0. The molecule has 0 fully saturated rings. The van der Waals surface area contributed by atoms with Crippen LogP contribution >= 0.6 is 0 Å². The van der Waals surface area contributed by atoms with Crippen LogP contribution < -0.4 is 58.2 Å². The van der Waals surface area contributed by atoms with E-state index in [-0.39, 0.29) is 84.7 Å². The Hall–Kier alpha value is 1.67. The van der Waals surface area contributed by atoms with Crippen molar-refractivity contribution in [2.45, 2.75) is 0 Å². The molecule has 1 aromatic rings. The van der Waals surface area contributed by atoms with E-state index >= 15 is 0 Å². The third-order valence-electron chi connectivity index (χ3n) is 0.552. The van der Waals surface area contributed by atoms with Crippen molar-refractivity contribution in [3.63, 3.8) is 0 Å². The van der Waals surface area contributed by atoms with Crippen LogP contribution in [0.25, 0.3) is 0 Å². The Labute approximate surface area is 119 Å². The third-order valence-corrected chi connectivity index (χ3v) is 0.552. The molecule has 2 N–H and O–H groups in total. The van der Waals surface area contributed by atoms with E-state index in [9.17, 15) is 0 Å². The zero-order chi connectivity index (χ0) is 4.24. The van der Waals surface area contributed by atoms with Crippen LogP contribution in [-0.4, -0.2) is 5.48 Å². The molecule has 1 aromatic carbocycles. The second-order valence-electron chi connectivity index (χ2n) is 1.00. The van der Waals surface area contributed by atoms with Gasteiger partial charge < -0.3 is 17.6 Å². The van der Waals surface area contributed by atoms with Crippen LogP contribution in [0.1, 0.15) is 0 Å². The van der Waals surface area contributed by atoms with E-state index in [0.29, 0.717) is 0 Å². The van der Waals surface area contributed by atoms with Gasteiger partial charge in [0, 0.05) is 21.1 Å². The number of hydrogen-bond donors (Lipinski definition) is 0. The van der Waals surface area contributed by atoms with Crippen molar-refractivity contribution in [1.29, 1.82) is 0 Å². The quantitative estimate of drug-likeness (QED) is 0.455. The monoisotopic (exact) mass is 363 g/mol. The SMILES string of the molecule is O.[Rb+].[W].[c-]1cc[c-]cc1. The van der Waals surface area contributed by atoms with Gasteiger partial charge in [0.1, 0.15) is 0 Å². The Morgan fingerprint density at radius 2 is 1.00 bits per heavy atom. The predicted octanol–water partition coefficient (Wildman–Crippen LogP) is -2.54. The Bertz CT molecular complexity index is 85.0. The molecule has 0 aliphatic heterocycles. The van der Waals surface area contributed by atoms with Crippen molar-refractivity contribution in [2.75, 3.05) is 0 Å². The van der Waals surface area contributed by atoms with Gasteiger partial charge in [-0.25, -0.2) is 0 Å². The van der Waals surface area contributed by atoms with E-state index in [1.807, 2.05) is 24.3 Å². The standard InChI is InChI=1S/C6H4.H2O.Rb.W/c1-2-4-6-5-3-1;;;/h1-2,5-6H;1H2;;/q-2;;+1;. The first-order valence-electron chi connectivity index (χ1n) is 1.82. The van der Waals surface area contributed by atoms with Gasteiger partial charge in [-0.1, -0.05) is 0 Å². The fraction of sp³-hybridized carbons (Fsp3) is 0. The summed E-state index contributed by atoms with van der Waals surface area (Å²) in [5.74, 6) is 0. The molecule has 0 aliphatic carbocycles. The van der Waals surface area contributed by atoms with Gasteiger partial charge in [-0.15, -0.1) is 0 Å². The third kappa shape index (κ3) is 9.67. The molecule has 9 heavy (non-hydrogen) atoms. The van der Waals surface area contributed by atoms with Gasteiger partial charge in [-0.2, -0.15) is 0 Å². The van der Waals surface area contributed by atoms with Gasteiger partial charge in [0.25, 0.3) is 0 Å². The maximum Gasteiger partial charge on any atom is 1.00 e. The van der Waals surface area contributed by atoms with Crippen molar-refractivity contribution in [1.82, 2.24) is 0 Å². The van der Waals surface area contributed by atoms with E-state index in [1.165, 1.54) is 0 Å². The smallest absolute Gasteiger partial charge is 0.412 e. The maximum atomic E-state index is 2.86. The zero-order valence-electron chi connectivity index (χ0n) is 5.22. The van der Waals surface area contributed by atoms with Crippen molar-refractivity contribution < 1.29 is 84.7 Å². The Morgan fingerprint density at radius 3 is 1.11 bits per heavy atom. The number of hydrogen-bond acceptors (Lipinski definition) is 0. The van der Waals surface area contributed by atoms with E-state index in [1.54, 1.807) is 0 Å². The van der Waals surface area contributed by atoms with Crippen LogP contribution in [0.2, 0.25) is 0 Å².